The molecule has 0 aromatic carbocycles. The maximum atomic E-state index is 12.4. The van der Waals surface area contributed by atoms with E-state index in [1.165, 1.54) is 0 Å². The van der Waals surface area contributed by atoms with Crippen molar-refractivity contribution in [3.63, 3.8) is 0 Å². The Morgan fingerprint density at radius 2 is 2.47 bits per heavy atom. The van der Waals surface area contributed by atoms with Crippen molar-refractivity contribution in [2.24, 2.45) is 5.41 Å². The third kappa shape index (κ3) is 3.35. The highest BCUT2D eigenvalue weighted by atomic mass is 16.2. The molecule has 2 rings (SSSR count). The SMILES string of the molecule is CCCC1(C(=O)NCCn2cc(C)cn2)CCNC1. The van der Waals surface area contributed by atoms with Gasteiger partial charge in [0, 0.05) is 19.3 Å². The number of nitrogens with zero attached hydrogens (tertiary/aromatic N) is 2. The number of amides is 1. The molecule has 1 aromatic heterocycles. The summed E-state index contributed by atoms with van der Waals surface area (Å²) in [4.78, 5) is 12.4. The Morgan fingerprint density at radius 1 is 1.63 bits per heavy atom. The van der Waals surface area contributed by atoms with Gasteiger partial charge < -0.3 is 10.6 Å². The minimum absolute atomic E-state index is 0.186. The molecular weight excluding hydrogens is 240 g/mol. The first kappa shape index (κ1) is 14.1. The van der Waals surface area contributed by atoms with E-state index in [1.54, 1.807) is 0 Å². The van der Waals surface area contributed by atoms with Gasteiger partial charge in [-0.1, -0.05) is 13.3 Å². The van der Waals surface area contributed by atoms with Crippen LogP contribution in [0.1, 0.15) is 31.7 Å². The van der Waals surface area contributed by atoms with Gasteiger partial charge >= 0.3 is 0 Å². The summed E-state index contributed by atoms with van der Waals surface area (Å²) in [5.74, 6) is 0.197. The lowest BCUT2D eigenvalue weighted by Gasteiger charge is -2.26. The molecule has 1 saturated heterocycles. The van der Waals surface area contributed by atoms with Crippen LogP contribution >= 0.6 is 0 Å². The molecule has 1 amide bonds. The molecule has 1 unspecified atom stereocenters. The minimum atomic E-state index is -0.186. The maximum Gasteiger partial charge on any atom is 0.227 e. The molecule has 0 bridgehead atoms. The van der Waals surface area contributed by atoms with Crippen molar-refractivity contribution >= 4 is 5.91 Å². The van der Waals surface area contributed by atoms with Crippen molar-refractivity contribution in [1.82, 2.24) is 20.4 Å². The molecule has 1 atom stereocenters. The lowest BCUT2D eigenvalue weighted by Crippen LogP contribution is -2.43. The average Bonchev–Trinajstić information content (AvgIpc) is 3.00. The second-order valence-electron chi connectivity index (χ2n) is 5.49. The lowest BCUT2D eigenvalue weighted by atomic mass is 9.81. The Labute approximate surface area is 114 Å². The Kier molecular flexibility index (Phi) is 4.58. The Balaban J connectivity index is 1.82. The molecule has 2 heterocycles. The summed E-state index contributed by atoms with van der Waals surface area (Å²) in [5.41, 5.74) is 0.961. The molecule has 1 aliphatic rings. The van der Waals surface area contributed by atoms with Crippen LogP contribution in [0.4, 0.5) is 0 Å². The zero-order valence-corrected chi connectivity index (χ0v) is 11.9. The molecule has 0 saturated carbocycles. The van der Waals surface area contributed by atoms with Gasteiger partial charge in [0.1, 0.15) is 0 Å². The van der Waals surface area contributed by atoms with Crippen molar-refractivity contribution in [2.75, 3.05) is 19.6 Å². The van der Waals surface area contributed by atoms with E-state index in [0.717, 1.165) is 44.5 Å². The molecule has 1 aliphatic heterocycles. The van der Waals surface area contributed by atoms with Crippen LogP contribution in [0.15, 0.2) is 12.4 Å². The fourth-order valence-electron chi connectivity index (χ4n) is 2.80. The standard InChI is InChI=1S/C14H24N4O/c1-3-4-14(5-6-15-11-14)13(19)16-7-8-18-10-12(2)9-17-18/h9-10,15H,3-8,11H2,1-2H3,(H,16,19). The highest BCUT2D eigenvalue weighted by Crippen LogP contribution is 2.31. The Hall–Kier alpha value is -1.36. The van der Waals surface area contributed by atoms with E-state index in [1.807, 2.05) is 24.0 Å². The van der Waals surface area contributed by atoms with Gasteiger partial charge in [-0.15, -0.1) is 0 Å². The predicted molar refractivity (Wildman–Crippen MR) is 74.8 cm³/mol. The summed E-state index contributed by atoms with van der Waals surface area (Å²) < 4.78 is 1.87. The van der Waals surface area contributed by atoms with Crippen LogP contribution < -0.4 is 10.6 Å². The second kappa shape index (κ2) is 6.19. The summed E-state index contributed by atoms with van der Waals surface area (Å²) in [5, 5.41) is 10.6. The number of hydrogen-bond acceptors (Lipinski definition) is 3. The molecule has 0 spiro atoms. The van der Waals surface area contributed by atoms with E-state index in [0.29, 0.717) is 6.54 Å². The van der Waals surface area contributed by atoms with Gasteiger partial charge in [-0.3, -0.25) is 9.48 Å². The number of hydrogen-bond donors (Lipinski definition) is 2. The van der Waals surface area contributed by atoms with Gasteiger partial charge in [0.25, 0.3) is 0 Å². The van der Waals surface area contributed by atoms with Crippen molar-refractivity contribution in [3.8, 4) is 0 Å². The molecular formula is C14H24N4O. The number of aromatic nitrogens is 2. The number of carbonyl (C=O) groups is 1. The smallest absolute Gasteiger partial charge is 0.227 e. The Morgan fingerprint density at radius 3 is 3.05 bits per heavy atom. The van der Waals surface area contributed by atoms with E-state index in [-0.39, 0.29) is 11.3 Å². The number of aryl methyl sites for hydroxylation is 1. The fraction of sp³-hybridized carbons (Fsp3) is 0.714. The fourth-order valence-corrected chi connectivity index (χ4v) is 2.80. The number of nitrogens with one attached hydrogen (secondary N) is 2. The van der Waals surface area contributed by atoms with E-state index >= 15 is 0 Å². The first-order valence-corrected chi connectivity index (χ1v) is 7.14. The van der Waals surface area contributed by atoms with Crippen LogP contribution in [0.2, 0.25) is 0 Å². The molecule has 1 fully saturated rings. The minimum Gasteiger partial charge on any atom is -0.354 e. The van der Waals surface area contributed by atoms with Crippen LogP contribution in [-0.4, -0.2) is 35.3 Å². The van der Waals surface area contributed by atoms with Gasteiger partial charge in [-0.05, 0) is 31.9 Å². The van der Waals surface area contributed by atoms with Gasteiger partial charge in [-0.2, -0.15) is 5.10 Å². The molecule has 19 heavy (non-hydrogen) atoms. The molecule has 0 aliphatic carbocycles. The quantitative estimate of drug-likeness (QED) is 0.808. The van der Waals surface area contributed by atoms with Crippen molar-refractivity contribution in [1.29, 1.82) is 0 Å². The lowest BCUT2D eigenvalue weighted by molar-refractivity contribution is -0.130. The van der Waals surface area contributed by atoms with E-state index in [2.05, 4.69) is 22.7 Å². The zero-order chi connectivity index (χ0) is 13.7. The van der Waals surface area contributed by atoms with Crippen molar-refractivity contribution < 1.29 is 4.79 Å². The number of carbonyl (C=O) groups excluding carboxylic acids is 1. The molecule has 106 valence electrons. The topological polar surface area (TPSA) is 59.0 Å². The molecule has 2 N–H and O–H groups in total. The predicted octanol–water partition coefficient (Wildman–Crippen LogP) is 1.09. The second-order valence-corrected chi connectivity index (χ2v) is 5.49. The van der Waals surface area contributed by atoms with Crippen molar-refractivity contribution in [3.05, 3.63) is 18.0 Å². The van der Waals surface area contributed by atoms with Crippen LogP contribution in [0.5, 0.6) is 0 Å². The monoisotopic (exact) mass is 264 g/mol. The first-order chi connectivity index (χ1) is 9.16. The molecule has 1 aromatic rings. The van der Waals surface area contributed by atoms with Gasteiger partial charge in [0.15, 0.2) is 0 Å². The van der Waals surface area contributed by atoms with Gasteiger partial charge in [-0.25, -0.2) is 0 Å². The molecule has 5 heteroatoms. The zero-order valence-electron chi connectivity index (χ0n) is 11.9. The first-order valence-electron chi connectivity index (χ1n) is 7.14. The summed E-state index contributed by atoms with van der Waals surface area (Å²) >= 11 is 0. The van der Waals surface area contributed by atoms with Gasteiger partial charge in [0.05, 0.1) is 18.2 Å². The third-order valence-corrected chi connectivity index (χ3v) is 3.84. The summed E-state index contributed by atoms with van der Waals surface area (Å²) in [6.07, 6.45) is 6.79. The van der Waals surface area contributed by atoms with Gasteiger partial charge in [0.2, 0.25) is 5.91 Å². The van der Waals surface area contributed by atoms with Crippen LogP contribution in [0, 0.1) is 12.3 Å². The molecule has 5 nitrogen and oxygen atoms in total. The van der Waals surface area contributed by atoms with E-state index in [9.17, 15) is 4.79 Å². The van der Waals surface area contributed by atoms with Crippen LogP contribution in [0.25, 0.3) is 0 Å². The maximum absolute atomic E-state index is 12.4. The summed E-state index contributed by atoms with van der Waals surface area (Å²) in [6.45, 7) is 7.29. The largest absolute Gasteiger partial charge is 0.354 e. The van der Waals surface area contributed by atoms with Crippen molar-refractivity contribution in [2.45, 2.75) is 39.7 Å². The Bertz CT molecular complexity index is 421. The highest BCUT2D eigenvalue weighted by Gasteiger charge is 2.39. The van der Waals surface area contributed by atoms with E-state index < -0.39 is 0 Å². The molecule has 0 radical (unpaired) electrons. The number of rotatable bonds is 6. The van der Waals surface area contributed by atoms with Crippen LogP contribution in [-0.2, 0) is 11.3 Å². The summed E-state index contributed by atoms with van der Waals surface area (Å²) in [7, 11) is 0. The third-order valence-electron chi connectivity index (χ3n) is 3.84. The normalized spacial score (nSPS) is 22.6. The average molecular weight is 264 g/mol. The van der Waals surface area contributed by atoms with E-state index in [4.69, 9.17) is 0 Å². The summed E-state index contributed by atoms with van der Waals surface area (Å²) in [6, 6.07) is 0. The highest BCUT2D eigenvalue weighted by molar-refractivity contribution is 5.83. The van der Waals surface area contributed by atoms with Crippen LogP contribution in [0.3, 0.4) is 0 Å².